The summed E-state index contributed by atoms with van der Waals surface area (Å²) < 4.78 is 17.2. The summed E-state index contributed by atoms with van der Waals surface area (Å²) in [4.78, 5) is 25.1. The monoisotopic (exact) mass is 500 g/mol. The van der Waals surface area contributed by atoms with E-state index in [0.717, 1.165) is 26.4 Å². The van der Waals surface area contributed by atoms with Gasteiger partial charge in [0.2, 0.25) is 0 Å². The maximum absolute atomic E-state index is 12.3. The molecule has 0 saturated carbocycles. The molecule has 0 atom stereocenters. The van der Waals surface area contributed by atoms with E-state index in [1.54, 1.807) is 38.9 Å². The van der Waals surface area contributed by atoms with Crippen LogP contribution in [0.4, 0.5) is 0 Å². The zero-order chi connectivity index (χ0) is 23.8. The quantitative estimate of drug-likeness (QED) is 0.0718. The second-order valence-corrected chi connectivity index (χ2v) is 10.1. The van der Waals surface area contributed by atoms with E-state index in [1.165, 1.54) is 14.0 Å². The minimum absolute atomic E-state index is 0.112. The van der Waals surface area contributed by atoms with Gasteiger partial charge in [0.1, 0.15) is 15.3 Å². The lowest BCUT2D eigenvalue weighted by atomic mass is 10.0. The molecule has 33 heavy (non-hydrogen) atoms. The standard InChI is InChI=1S/C25H24O5S3/c1-16(19-8-11-21(17(2)26)22(14-19)28-3)25(27)30-13-5-4-12-29-20-9-6-18(7-10-20)23-15-24(31)33-32-23/h6-11,14-15H,1,4-5,12-13H2,2-3H3. The van der Waals surface area contributed by atoms with Crippen LogP contribution >= 0.6 is 32.9 Å². The molecule has 0 N–H and O–H groups in total. The van der Waals surface area contributed by atoms with Gasteiger partial charge in [-0.15, -0.1) is 0 Å². The third kappa shape index (κ3) is 6.83. The van der Waals surface area contributed by atoms with Crippen LogP contribution in [0, 0.1) is 3.82 Å². The normalized spacial score (nSPS) is 10.5. The van der Waals surface area contributed by atoms with Crippen molar-refractivity contribution < 1.29 is 23.8 Å². The van der Waals surface area contributed by atoms with E-state index >= 15 is 0 Å². The topological polar surface area (TPSA) is 61.8 Å². The van der Waals surface area contributed by atoms with E-state index in [4.69, 9.17) is 26.4 Å². The number of esters is 1. The molecule has 0 fully saturated rings. The predicted molar refractivity (Wildman–Crippen MR) is 136 cm³/mol. The molecular weight excluding hydrogens is 476 g/mol. The summed E-state index contributed by atoms with van der Waals surface area (Å²) >= 11 is 5.18. The van der Waals surface area contributed by atoms with Gasteiger partial charge < -0.3 is 14.2 Å². The Morgan fingerprint density at radius 3 is 2.36 bits per heavy atom. The number of hydrogen-bond acceptors (Lipinski definition) is 8. The number of carbonyl (C=O) groups is 2. The van der Waals surface area contributed by atoms with Gasteiger partial charge in [-0.2, -0.15) is 0 Å². The van der Waals surface area contributed by atoms with Crippen molar-refractivity contribution in [3.63, 3.8) is 0 Å². The Kier molecular flexibility index (Phi) is 8.94. The third-order valence-electron chi connectivity index (χ3n) is 4.82. The fourth-order valence-electron chi connectivity index (χ4n) is 3.02. The van der Waals surface area contributed by atoms with Gasteiger partial charge in [-0.1, -0.05) is 45.5 Å². The summed E-state index contributed by atoms with van der Waals surface area (Å²) in [6, 6.07) is 14.8. The van der Waals surface area contributed by atoms with Crippen molar-refractivity contribution in [2.45, 2.75) is 19.8 Å². The number of methoxy groups -OCH3 is 1. The van der Waals surface area contributed by atoms with E-state index < -0.39 is 5.97 Å². The molecule has 0 spiro atoms. The molecule has 0 amide bonds. The lowest BCUT2D eigenvalue weighted by Crippen LogP contribution is -2.09. The fraction of sp³-hybridized carbons (Fsp3) is 0.240. The molecule has 0 aliphatic carbocycles. The molecular formula is C25H24O5S3. The van der Waals surface area contributed by atoms with Crippen LogP contribution in [0.15, 0.2) is 55.1 Å². The largest absolute Gasteiger partial charge is 0.496 e. The third-order valence-corrected chi connectivity index (χ3v) is 7.73. The molecule has 3 aromatic rings. The highest BCUT2D eigenvalue weighted by molar-refractivity contribution is 7.80. The van der Waals surface area contributed by atoms with Crippen LogP contribution in [-0.4, -0.2) is 32.1 Å². The Morgan fingerprint density at radius 2 is 1.73 bits per heavy atom. The average Bonchev–Trinajstić information content (AvgIpc) is 3.26. The fourth-order valence-corrected chi connectivity index (χ4v) is 5.42. The number of Topliss-reactive ketones (excluding diaryl/α,β-unsaturated/α-hetero) is 1. The Bertz CT molecular complexity index is 1190. The molecule has 0 saturated heterocycles. The van der Waals surface area contributed by atoms with Gasteiger partial charge >= 0.3 is 5.97 Å². The van der Waals surface area contributed by atoms with E-state index in [-0.39, 0.29) is 18.0 Å². The molecule has 5 nitrogen and oxygen atoms in total. The number of carbonyl (C=O) groups excluding carboxylic acids is 2. The van der Waals surface area contributed by atoms with Crippen LogP contribution in [0.2, 0.25) is 0 Å². The number of ketones is 1. The van der Waals surface area contributed by atoms with Gasteiger partial charge in [-0.05, 0) is 73.4 Å². The van der Waals surface area contributed by atoms with Crippen molar-refractivity contribution in [2.75, 3.05) is 20.3 Å². The predicted octanol–water partition coefficient (Wildman–Crippen LogP) is 6.83. The lowest BCUT2D eigenvalue weighted by Gasteiger charge is -2.11. The molecule has 3 rings (SSSR count). The summed E-state index contributed by atoms with van der Waals surface area (Å²) in [5, 5.41) is 0. The zero-order valence-corrected chi connectivity index (χ0v) is 20.9. The van der Waals surface area contributed by atoms with Gasteiger partial charge in [0.25, 0.3) is 0 Å². The number of hydrogen-bond donors (Lipinski definition) is 0. The number of benzene rings is 2. The minimum atomic E-state index is -0.499. The first kappa shape index (κ1) is 24.8. The highest BCUT2D eigenvalue weighted by Gasteiger charge is 2.15. The van der Waals surface area contributed by atoms with E-state index in [9.17, 15) is 9.59 Å². The van der Waals surface area contributed by atoms with Crippen LogP contribution < -0.4 is 9.47 Å². The molecule has 1 heterocycles. The lowest BCUT2D eigenvalue weighted by molar-refractivity contribution is -0.136. The maximum Gasteiger partial charge on any atom is 0.338 e. The van der Waals surface area contributed by atoms with E-state index in [1.807, 2.05) is 30.3 Å². The van der Waals surface area contributed by atoms with Gasteiger partial charge in [0, 0.05) is 4.88 Å². The van der Waals surface area contributed by atoms with Crippen molar-refractivity contribution in [1.82, 2.24) is 0 Å². The maximum atomic E-state index is 12.3. The first-order valence-electron chi connectivity index (χ1n) is 10.3. The molecule has 0 aliphatic heterocycles. The molecule has 0 bridgehead atoms. The van der Waals surface area contributed by atoms with Gasteiger partial charge in [-0.3, -0.25) is 4.79 Å². The van der Waals surface area contributed by atoms with E-state index in [0.29, 0.717) is 29.9 Å². The van der Waals surface area contributed by atoms with Gasteiger partial charge in [0.05, 0.1) is 31.5 Å². The van der Waals surface area contributed by atoms with Crippen molar-refractivity contribution in [2.24, 2.45) is 0 Å². The first-order chi connectivity index (χ1) is 15.9. The summed E-state index contributed by atoms with van der Waals surface area (Å²) in [6.07, 6.45) is 1.41. The minimum Gasteiger partial charge on any atom is -0.496 e. The summed E-state index contributed by atoms with van der Waals surface area (Å²) in [6.45, 7) is 6.07. The molecule has 172 valence electrons. The second-order valence-electron chi connectivity index (χ2n) is 7.16. The molecule has 0 radical (unpaired) electrons. The van der Waals surface area contributed by atoms with Crippen molar-refractivity contribution >= 4 is 50.2 Å². The summed E-state index contributed by atoms with van der Waals surface area (Å²) in [7, 11) is 4.74. The van der Waals surface area contributed by atoms with Crippen LogP contribution in [0.1, 0.15) is 35.7 Å². The Morgan fingerprint density at radius 1 is 1.00 bits per heavy atom. The SMILES string of the molecule is C=C(C(=O)OCCCCOc1ccc(-c2cc(=S)ss2)cc1)c1ccc(C(C)=O)c(OC)c1. The molecule has 0 unspecified atom stereocenters. The second kappa shape index (κ2) is 11.9. The Hall–Kier alpha value is -2.81. The summed E-state index contributed by atoms with van der Waals surface area (Å²) in [5.74, 6) is 0.589. The molecule has 0 aliphatic rings. The zero-order valence-electron chi connectivity index (χ0n) is 18.4. The van der Waals surface area contributed by atoms with Gasteiger partial charge in [0.15, 0.2) is 5.78 Å². The molecule has 2 aromatic carbocycles. The highest BCUT2D eigenvalue weighted by Crippen LogP contribution is 2.30. The van der Waals surface area contributed by atoms with Crippen molar-refractivity contribution in [3.8, 4) is 21.9 Å². The molecule has 1 aromatic heterocycles. The van der Waals surface area contributed by atoms with Crippen LogP contribution in [0.3, 0.4) is 0 Å². The number of ether oxygens (including phenoxy) is 3. The van der Waals surface area contributed by atoms with Crippen molar-refractivity contribution in [1.29, 1.82) is 0 Å². The van der Waals surface area contributed by atoms with Gasteiger partial charge in [-0.25, -0.2) is 4.79 Å². The van der Waals surface area contributed by atoms with Crippen LogP contribution in [-0.2, 0) is 9.53 Å². The van der Waals surface area contributed by atoms with Crippen LogP contribution in [0.5, 0.6) is 11.5 Å². The number of rotatable bonds is 11. The van der Waals surface area contributed by atoms with Crippen LogP contribution in [0.25, 0.3) is 16.0 Å². The van der Waals surface area contributed by atoms with Crippen molar-refractivity contribution in [3.05, 3.63) is 70.1 Å². The Balaban J connectivity index is 1.39. The van der Waals surface area contributed by atoms with E-state index in [2.05, 4.69) is 6.58 Å². The first-order valence-corrected chi connectivity index (χ1v) is 12.8. The summed E-state index contributed by atoms with van der Waals surface area (Å²) in [5.41, 5.74) is 2.35. The smallest absolute Gasteiger partial charge is 0.338 e. The highest BCUT2D eigenvalue weighted by atomic mass is 32.9. The number of unbranched alkanes of at least 4 members (excludes halogenated alkanes) is 1. The Labute approximate surface area is 205 Å². The average molecular weight is 501 g/mol. The molecule has 8 heteroatoms.